The molecule has 2 heterocycles. The zero-order valence-corrected chi connectivity index (χ0v) is 15.0. The van der Waals surface area contributed by atoms with Crippen LogP contribution in [0.2, 0.25) is 0 Å². The molecular weight excluding hydrogens is 324 g/mol. The molecule has 1 aromatic carbocycles. The Labute approximate surface area is 146 Å². The highest BCUT2D eigenvalue weighted by atomic mass is 32.1. The summed E-state index contributed by atoms with van der Waals surface area (Å²) >= 11 is 1.63. The molecule has 1 saturated heterocycles. The number of ether oxygens (including phenoxy) is 2. The van der Waals surface area contributed by atoms with Gasteiger partial charge in [-0.1, -0.05) is 6.07 Å². The minimum Gasteiger partial charge on any atom is -0.493 e. The zero-order chi connectivity index (χ0) is 16.9. The lowest BCUT2D eigenvalue weighted by molar-refractivity contribution is 0.126. The van der Waals surface area contributed by atoms with Crippen molar-refractivity contribution in [2.45, 2.75) is 19.4 Å². The van der Waals surface area contributed by atoms with Crippen LogP contribution in [0.5, 0.6) is 11.5 Å². The molecule has 0 aliphatic carbocycles. The number of benzene rings is 1. The van der Waals surface area contributed by atoms with Gasteiger partial charge >= 0.3 is 0 Å². The highest BCUT2D eigenvalue weighted by Gasteiger charge is 2.20. The van der Waals surface area contributed by atoms with Crippen LogP contribution in [0.1, 0.15) is 18.5 Å². The molecule has 0 atom stereocenters. The average molecular weight is 348 g/mol. The van der Waals surface area contributed by atoms with E-state index >= 15 is 0 Å². The molecule has 24 heavy (non-hydrogen) atoms. The number of piperidine rings is 1. The molecule has 0 radical (unpaired) electrons. The SMILES string of the molecule is COc1cccc(-c2nc(CN3CCC(CO)CC3)cs2)c1OC. The van der Waals surface area contributed by atoms with E-state index in [9.17, 15) is 5.11 Å². The fourth-order valence-corrected chi connectivity index (χ4v) is 3.95. The Morgan fingerprint density at radius 2 is 2.04 bits per heavy atom. The van der Waals surface area contributed by atoms with Crippen LogP contribution >= 0.6 is 11.3 Å². The number of para-hydroxylation sites is 1. The van der Waals surface area contributed by atoms with Crippen molar-refractivity contribution in [3.05, 3.63) is 29.3 Å². The molecule has 1 aliphatic rings. The number of aliphatic hydroxyl groups excluding tert-OH is 1. The summed E-state index contributed by atoms with van der Waals surface area (Å²) in [5.74, 6) is 1.91. The first kappa shape index (κ1) is 17.2. The van der Waals surface area contributed by atoms with Crippen LogP contribution in [0.3, 0.4) is 0 Å². The molecule has 3 rings (SSSR count). The summed E-state index contributed by atoms with van der Waals surface area (Å²) in [6, 6.07) is 5.86. The van der Waals surface area contributed by atoms with Gasteiger partial charge in [0.1, 0.15) is 5.01 Å². The summed E-state index contributed by atoms with van der Waals surface area (Å²) in [4.78, 5) is 7.20. The second kappa shape index (κ2) is 7.96. The monoisotopic (exact) mass is 348 g/mol. The van der Waals surface area contributed by atoms with E-state index in [0.29, 0.717) is 12.5 Å². The first-order chi connectivity index (χ1) is 11.7. The summed E-state index contributed by atoms with van der Waals surface area (Å²) in [5, 5.41) is 12.3. The minimum atomic E-state index is 0.310. The van der Waals surface area contributed by atoms with Crippen molar-refractivity contribution >= 4 is 11.3 Å². The van der Waals surface area contributed by atoms with Crippen molar-refractivity contribution < 1.29 is 14.6 Å². The number of nitrogens with zero attached hydrogens (tertiary/aromatic N) is 2. The van der Waals surface area contributed by atoms with E-state index in [1.165, 1.54) is 0 Å². The minimum absolute atomic E-state index is 0.310. The van der Waals surface area contributed by atoms with Gasteiger partial charge in [-0.15, -0.1) is 11.3 Å². The Kier molecular flexibility index (Phi) is 5.71. The van der Waals surface area contributed by atoms with Crippen LogP contribution in [0.25, 0.3) is 10.6 Å². The van der Waals surface area contributed by atoms with Crippen molar-refractivity contribution in [2.24, 2.45) is 5.92 Å². The van der Waals surface area contributed by atoms with Crippen molar-refractivity contribution in [3.8, 4) is 22.1 Å². The number of aromatic nitrogens is 1. The Bertz CT molecular complexity index is 666. The molecular formula is C18H24N2O3S. The fraction of sp³-hybridized carbons (Fsp3) is 0.500. The molecule has 6 heteroatoms. The molecule has 1 aromatic heterocycles. The number of rotatable bonds is 6. The summed E-state index contributed by atoms with van der Waals surface area (Å²) in [6.45, 7) is 3.23. The van der Waals surface area contributed by atoms with Gasteiger partial charge in [-0.3, -0.25) is 4.90 Å². The summed E-state index contributed by atoms with van der Waals surface area (Å²) in [7, 11) is 3.30. The second-order valence-electron chi connectivity index (χ2n) is 6.09. The maximum Gasteiger partial charge on any atom is 0.170 e. The largest absolute Gasteiger partial charge is 0.493 e. The van der Waals surface area contributed by atoms with E-state index in [1.54, 1.807) is 25.6 Å². The van der Waals surface area contributed by atoms with Gasteiger partial charge in [-0.25, -0.2) is 4.98 Å². The normalized spacial score (nSPS) is 16.3. The lowest BCUT2D eigenvalue weighted by Gasteiger charge is -2.30. The second-order valence-corrected chi connectivity index (χ2v) is 6.95. The van der Waals surface area contributed by atoms with E-state index in [1.807, 2.05) is 18.2 Å². The lowest BCUT2D eigenvalue weighted by atomic mass is 9.98. The predicted molar refractivity (Wildman–Crippen MR) is 95.7 cm³/mol. The van der Waals surface area contributed by atoms with E-state index in [4.69, 9.17) is 14.5 Å². The molecule has 0 amide bonds. The number of hydrogen-bond acceptors (Lipinski definition) is 6. The Morgan fingerprint density at radius 3 is 2.71 bits per heavy atom. The van der Waals surface area contributed by atoms with Crippen LogP contribution in [-0.4, -0.2) is 48.9 Å². The van der Waals surface area contributed by atoms with Gasteiger partial charge in [0.05, 0.1) is 25.5 Å². The van der Waals surface area contributed by atoms with Gasteiger partial charge in [0.15, 0.2) is 11.5 Å². The Hall–Kier alpha value is -1.63. The van der Waals surface area contributed by atoms with Crippen molar-refractivity contribution in [3.63, 3.8) is 0 Å². The van der Waals surface area contributed by atoms with Crippen molar-refractivity contribution in [1.29, 1.82) is 0 Å². The fourth-order valence-electron chi connectivity index (χ4n) is 3.12. The number of likely N-dealkylation sites (tertiary alicyclic amines) is 1. The standard InChI is InChI=1S/C18H24N2O3S/c1-22-16-5-3-4-15(17(16)23-2)18-19-14(12-24-18)10-20-8-6-13(11-21)7-9-20/h3-5,12-13,21H,6-11H2,1-2H3. The maximum atomic E-state index is 9.24. The third-order valence-electron chi connectivity index (χ3n) is 4.54. The number of aliphatic hydroxyl groups is 1. The first-order valence-corrected chi connectivity index (χ1v) is 9.12. The highest BCUT2D eigenvalue weighted by molar-refractivity contribution is 7.13. The van der Waals surface area contributed by atoms with Crippen molar-refractivity contribution in [1.82, 2.24) is 9.88 Å². The predicted octanol–water partition coefficient (Wildman–Crippen LogP) is 3.03. The Morgan fingerprint density at radius 1 is 1.25 bits per heavy atom. The summed E-state index contributed by atoms with van der Waals surface area (Å²) < 4.78 is 10.9. The van der Waals surface area contributed by atoms with Gasteiger partial charge in [0.25, 0.3) is 0 Å². The molecule has 1 aliphatic heterocycles. The van der Waals surface area contributed by atoms with E-state index < -0.39 is 0 Å². The van der Waals surface area contributed by atoms with Crippen LogP contribution in [0, 0.1) is 5.92 Å². The molecule has 0 unspecified atom stereocenters. The molecule has 0 saturated carbocycles. The maximum absolute atomic E-state index is 9.24. The topological polar surface area (TPSA) is 54.8 Å². The average Bonchev–Trinajstić information content (AvgIpc) is 3.09. The van der Waals surface area contributed by atoms with Gasteiger partial charge < -0.3 is 14.6 Å². The van der Waals surface area contributed by atoms with Gasteiger partial charge in [-0.05, 0) is 44.0 Å². The lowest BCUT2D eigenvalue weighted by Crippen LogP contribution is -2.34. The van der Waals surface area contributed by atoms with E-state index in [2.05, 4.69) is 10.3 Å². The van der Waals surface area contributed by atoms with Crippen LogP contribution in [0.15, 0.2) is 23.6 Å². The van der Waals surface area contributed by atoms with E-state index in [0.717, 1.165) is 60.2 Å². The zero-order valence-electron chi connectivity index (χ0n) is 14.2. The molecule has 1 N–H and O–H groups in total. The van der Waals surface area contributed by atoms with E-state index in [-0.39, 0.29) is 0 Å². The quantitative estimate of drug-likeness (QED) is 0.870. The van der Waals surface area contributed by atoms with Gasteiger partial charge in [0, 0.05) is 18.5 Å². The smallest absolute Gasteiger partial charge is 0.170 e. The number of hydrogen-bond donors (Lipinski definition) is 1. The highest BCUT2D eigenvalue weighted by Crippen LogP contribution is 2.39. The summed E-state index contributed by atoms with van der Waals surface area (Å²) in [6.07, 6.45) is 2.13. The van der Waals surface area contributed by atoms with Crippen molar-refractivity contribution in [2.75, 3.05) is 33.9 Å². The molecule has 1 fully saturated rings. The van der Waals surface area contributed by atoms with Crippen LogP contribution in [0.4, 0.5) is 0 Å². The third kappa shape index (κ3) is 3.71. The molecule has 2 aromatic rings. The first-order valence-electron chi connectivity index (χ1n) is 8.24. The Balaban J connectivity index is 1.72. The third-order valence-corrected chi connectivity index (χ3v) is 5.46. The molecule has 0 spiro atoms. The molecule has 5 nitrogen and oxygen atoms in total. The van der Waals surface area contributed by atoms with Gasteiger partial charge in [-0.2, -0.15) is 0 Å². The summed E-state index contributed by atoms with van der Waals surface area (Å²) in [5.41, 5.74) is 2.05. The number of thiazole rings is 1. The van der Waals surface area contributed by atoms with Crippen LogP contribution in [-0.2, 0) is 6.54 Å². The number of methoxy groups -OCH3 is 2. The van der Waals surface area contributed by atoms with Crippen LogP contribution < -0.4 is 9.47 Å². The van der Waals surface area contributed by atoms with Gasteiger partial charge in [0.2, 0.25) is 0 Å². The molecule has 130 valence electrons. The molecule has 0 bridgehead atoms.